The molecule has 0 N–H and O–H groups in total. The number of rotatable bonds is 5. The second-order valence-electron chi connectivity index (χ2n) is 2.36. The summed E-state index contributed by atoms with van der Waals surface area (Å²) < 4.78 is 10.2. The number of hydrogen-bond acceptors (Lipinski definition) is 2. The lowest BCUT2D eigenvalue weighted by Crippen LogP contribution is -2.01. The fourth-order valence-electron chi connectivity index (χ4n) is 0.740. The lowest BCUT2D eigenvalue weighted by Gasteiger charge is -2.08. The van der Waals surface area contributed by atoms with Crippen LogP contribution < -0.4 is 0 Å². The van der Waals surface area contributed by atoms with Crippen LogP contribution in [-0.4, -0.2) is 20.3 Å². The van der Waals surface area contributed by atoms with Crippen molar-refractivity contribution < 1.29 is 9.47 Å². The van der Waals surface area contributed by atoms with Crippen molar-refractivity contribution in [1.29, 1.82) is 0 Å². The van der Waals surface area contributed by atoms with Crippen LogP contribution >= 0.6 is 0 Å². The molecule has 0 spiro atoms. The zero-order valence-electron chi connectivity index (χ0n) is 8.52. The molecule has 0 aromatic heterocycles. The maximum Gasteiger partial charge on any atom is 0.116 e. The van der Waals surface area contributed by atoms with Crippen molar-refractivity contribution in [2.75, 3.05) is 20.3 Å². The third-order valence-corrected chi connectivity index (χ3v) is 1.56. The van der Waals surface area contributed by atoms with Gasteiger partial charge in [0.2, 0.25) is 0 Å². The molecule has 0 atom stereocenters. The summed E-state index contributed by atoms with van der Waals surface area (Å²) in [7, 11) is 1.59. The Kier molecular flexibility index (Phi) is 6.76. The van der Waals surface area contributed by atoms with Crippen LogP contribution in [-0.2, 0) is 9.47 Å². The minimum Gasteiger partial charge on any atom is -0.497 e. The van der Waals surface area contributed by atoms with Gasteiger partial charge in [-0.3, -0.25) is 0 Å². The largest absolute Gasteiger partial charge is 0.497 e. The second-order valence-corrected chi connectivity index (χ2v) is 2.36. The maximum absolute atomic E-state index is 5.27. The van der Waals surface area contributed by atoms with Gasteiger partial charge < -0.3 is 9.47 Å². The Balaban J connectivity index is 3.85. The third kappa shape index (κ3) is 5.10. The van der Waals surface area contributed by atoms with Crippen LogP contribution in [0.1, 0.15) is 13.8 Å². The molecule has 0 bridgehead atoms. The summed E-state index contributed by atoms with van der Waals surface area (Å²) in [5.74, 6) is 6.21. The molecule has 72 valence electrons. The van der Waals surface area contributed by atoms with Gasteiger partial charge in [0, 0.05) is 5.57 Å². The molecule has 0 saturated carbocycles. The van der Waals surface area contributed by atoms with Gasteiger partial charge in [-0.2, -0.15) is 0 Å². The van der Waals surface area contributed by atoms with Crippen LogP contribution in [0.3, 0.4) is 0 Å². The standard InChI is InChI=1S/C11H16O2/c1-5-7-8-13-9-11(6-2)10(3)12-4/h6H,3,8-9H2,1-2,4H3/b11-6-. The SMILES string of the molecule is C=C(OC)/C(=C\C)COCC#CC. The molecule has 0 aliphatic rings. The lowest BCUT2D eigenvalue weighted by molar-refractivity contribution is 0.183. The molecule has 0 aromatic carbocycles. The van der Waals surface area contributed by atoms with E-state index in [9.17, 15) is 0 Å². The minimum atomic E-state index is 0.449. The molecule has 0 radical (unpaired) electrons. The second kappa shape index (κ2) is 7.45. The van der Waals surface area contributed by atoms with Crippen LogP contribution in [0.15, 0.2) is 24.0 Å². The molecule has 0 heterocycles. The molecule has 0 aromatic rings. The van der Waals surface area contributed by atoms with E-state index in [0.717, 1.165) is 5.57 Å². The van der Waals surface area contributed by atoms with Crippen molar-refractivity contribution in [3.63, 3.8) is 0 Å². The monoisotopic (exact) mass is 180 g/mol. The van der Waals surface area contributed by atoms with E-state index in [-0.39, 0.29) is 0 Å². The maximum atomic E-state index is 5.27. The predicted molar refractivity (Wildman–Crippen MR) is 54.2 cm³/mol. The highest BCUT2D eigenvalue weighted by molar-refractivity contribution is 5.22. The average molecular weight is 180 g/mol. The molecule has 0 rings (SSSR count). The van der Waals surface area contributed by atoms with Gasteiger partial charge in [-0.25, -0.2) is 0 Å². The Morgan fingerprint density at radius 3 is 2.69 bits per heavy atom. The molecule has 0 amide bonds. The van der Waals surface area contributed by atoms with Gasteiger partial charge in [0.1, 0.15) is 12.4 Å². The van der Waals surface area contributed by atoms with E-state index in [1.54, 1.807) is 14.0 Å². The zero-order valence-corrected chi connectivity index (χ0v) is 8.52. The van der Waals surface area contributed by atoms with E-state index in [1.165, 1.54) is 0 Å². The Hall–Kier alpha value is -1.20. The average Bonchev–Trinajstić information content (AvgIpc) is 2.17. The topological polar surface area (TPSA) is 18.5 Å². The van der Waals surface area contributed by atoms with Crippen molar-refractivity contribution >= 4 is 0 Å². The number of methoxy groups -OCH3 is 1. The third-order valence-electron chi connectivity index (χ3n) is 1.56. The molecule has 13 heavy (non-hydrogen) atoms. The highest BCUT2D eigenvalue weighted by atomic mass is 16.5. The molecular weight excluding hydrogens is 164 g/mol. The van der Waals surface area contributed by atoms with Crippen molar-refractivity contribution in [3.8, 4) is 11.8 Å². The Morgan fingerprint density at radius 2 is 2.23 bits per heavy atom. The van der Waals surface area contributed by atoms with E-state index in [4.69, 9.17) is 9.47 Å². The van der Waals surface area contributed by atoms with Crippen molar-refractivity contribution in [2.24, 2.45) is 0 Å². The Bertz CT molecular complexity index is 241. The van der Waals surface area contributed by atoms with Gasteiger partial charge in [0.15, 0.2) is 0 Å². The van der Waals surface area contributed by atoms with Crippen molar-refractivity contribution in [3.05, 3.63) is 24.0 Å². The van der Waals surface area contributed by atoms with Crippen LogP contribution in [0, 0.1) is 11.8 Å². The molecule has 0 aliphatic heterocycles. The first kappa shape index (κ1) is 11.8. The van der Waals surface area contributed by atoms with E-state index in [1.807, 2.05) is 13.0 Å². The highest BCUT2D eigenvalue weighted by Gasteiger charge is 2.00. The molecule has 0 fully saturated rings. The number of ether oxygens (including phenoxy) is 2. The van der Waals surface area contributed by atoms with E-state index >= 15 is 0 Å². The van der Waals surface area contributed by atoms with E-state index in [0.29, 0.717) is 19.0 Å². The molecule has 0 aliphatic carbocycles. The molecule has 2 nitrogen and oxygen atoms in total. The first-order valence-corrected chi connectivity index (χ1v) is 4.12. The highest BCUT2D eigenvalue weighted by Crippen LogP contribution is 2.07. The Morgan fingerprint density at radius 1 is 1.54 bits per heavy atom. The lowest BCUT2D eigenvalue weighted by atomic mass is 10.2. The first-order chi connectivity index (χ1) is 6.26. The summed E-state index contributed by atoms with van der Waals surface area (Å²) >= 11 is 0. The van der Waals surface area contributed by atoms with Crippen molar-refractivity contribution in [2.45, 2.75) is 13.8 Å². The van der Waals surface area contributed by atoms with Crippen molar-refractivity contribution in [1.82, 2.24) is 0 Å². The van der Waals surface area contributed by atoms with Gasteiger partial charge in [0.25, 0.3) is 0 Å². The van der Waals surface area contributed by atoms with E-state index < -0.39 is 0 Å². The zero-order chi connectivity index (χ0) is 10.1. The van der Waals surface area contributed by atoms with Gasteiger partial charge in [-0.05, 0) is 13.8 Å². The quantitative estimate of drug-likeness (QED) is 0.279. The molecule has 2 heteroatoms. The number of hydrogen-bond donors (Lipinski definition) is 0. The summed E-state index contributed by atoms with van der Waals surface area (Å²) in [6.07, 6.45) is 1.92. The minimum absolute atomic E-state index is 0.449. The summed E-state index contributed by atoms with van der Waals surface area (Å²) in [6, 6.07) is 0. The smallest absolute Gasteiger partial charge is 0.116 e. The predicted octanol–water partition coefficient (Wildman–Crippen LogP) is 2.13. The van der Waals surface area contributed by atoms with Gasteiger partial charge in [-0.15, -0.1) is 5.92 Å². The van der Waals surface area contributed by atoms with Crippen LogP contribution in [0.25, 0.3) is 0 Å². The fraction of sp³-hybridized carbons (Fsp3) is 0.455. The molecule has 0 saturated heterocycles. The van der Waals surface area contributed by atoms with Crippen LogP contribution in [0.4, 0.5) is 0 Å². The summed E-state index contributed by atoms with van der Waals surface area (Å²) in [5.41, 5.74) is 0.959. The first-order valence-electron chi connectivity index (χ1n) is 4.12. The van der Waals surface area contributed by atoms with Gasteiger partial charge in [0.05, 0.1) is 13.7 Å². The van der Waals surface area contributed by atoms with E-state index in [2.05, 4.69) is 18.4 Å². The van der Waals surface area contributed by atoms with Gasteiger partial charge >= 0.3 is 0 Å². The molecule has 0 unspecified atom stereocenters. The summed E-state index contributed by atoms with van der Waals surface area (Å²) in [6.45, 7) is 8.39. The summed E-state index contributed by atoms with van der Waals surface area (Å²) in [4.78, 5) is 0. The Labute approximate surface area is 80.2 Å². The fourth-order valence-corrected chi connectivity index (χ4v) is 0.740. The number of allylic oxidation sites excluding steroid dienone is 1. The molecular formula is C11H16O2. The van der Waals surface area contributed by atoms with Crippen LogP contribution in [0.5, 0.6) is 0 Å². The normalized spacial score (nSPS) is 10.2. The van der Waals surface area contributed by atoms with Crippen LogP contribution in [0.2, 0.25) is 0 Å². The summed E-state index contributed by atoms with van der Waals surface area (Å²) in [5, 5.41) is 0. The van der Waals surface area contributed by atoms with Gasteiger partial charge in [-0.1, -0.05) is 18.6 Å².